The minimum Gasteiger partial charge on any atom is -0.349 e. The van der Waals surface area contributed by atoms with Crippen molar-refractivity contribution in [3.05, 3.63) is 30.2 Å². The minimum absolute atomic E-state index is 0.523. The van der Waals surface area contributed by atoms with Crippen LogP contribution in [0.25, 0.3) is 11.5 Å². The summed E-state index contributed by atoms with van der Waals surface area (Å²) in [6.07, 6.45) is 1.18. The molecule has 6 nitrogen and oxygen atoms in total. The molecule has 0 fully saturated rings. The van der Waals surface area contributed by atoms with Crippen LogP contribution in [0.1, 0.15) is 12.1 Å². The lowest BCUT2D eigenvalue weighted by molar-refractivity contribution is -0.113. The van der Waals surface area contributed by atoms with Crippen molar-refractivity contribution in [3.8, 4) is 11.5 Å². The van der Waals surface area contributed by atoms with E-state index in [0.29, 0.717) is 11.6 Å². The lowest BCUT2D eigenvalue weighted by atomic mass is 10.3. The molecule has 0 atom stereocenters. The Bertz CT molecular complexity index is 479. The molecule has 0 N–H and O–H groups in total. The highest BCUT2D eigenvalue weighted by atomic mass is 16.7. The zero-order valence-corrected chi connectivity index (χ0v) is 9.99. The molecule has 6 heteroatoms. The molecule has 0 aliphatic carbocycles. The Morgan fingerprint density at radius 2 is 2.00 bits per heavy atom. The molecular formula is C11H14N4O2. The molecule has 0 aliphatic rings. The Morgan fingerprint density at radius 1 is 1.24 bits per heavy atom. The number of hydrogen-bond acceptors (Lipinski definition) is 5. The summed E-state index contributed by atoms with van der Waals surface area (Å²) in [6, 6.07) is 5.59. The third-order valence-corrected chi connectivity index (χ3v) is 2.33. The first-order chi connectivity index (χ1) is 8.26. The molecule has 0 spiro atoms. The van der Waals surface area contributed by atoms with Crippen molar-refractivity contribution in [1.29, 1.82) is 0 Å². The molecule has 0 aromatic carbocycles. The van der Waals surface area contributed by atoms with Gasteiger partial charge in [-0.15, -0.1) is 5.10 Å². The molecule has 0 aliphatic heterocycles. The van der Waals surface area contributed by atoms with Crippen molar-refractivity contribution in [2.45, 2.75) is 6.29 Å². The SMILES string of the molecule is COC(OC)c1nc(-c2ccccn2)nn1C. The first-order valence-electron chi connectivity index (χ1n) is 5.14. The summed E-state index contributed by atoms with van der Waals surface area (Å²) in [5.41, 5.74) is 0.723. The molecule has 0 radical (unpaired) electrons. The number of nitrogens with zero attached hydrogens (tertiary/aromatic N) is 4. The first kappa shape index (κ1) is 11.7. The van der Waals surface area contributed by atoms with E-state index < -0.39 is 6.29 Å². The van der Waals surface area contributed by atoms with Gasteiger partial charge in [-0.05, 0) is 12.1 Å². The molecule has 2 aromatic heterocycles. The first-order valence-corrected chi connectivity index (χ1v) is 5.14. The Kier molecular flexibility index (Phi) is 3.46. The van der Waals surface area contributed by atoms with Gasteiger partial charge in [0, 0.05) is 27.5 Å². The summed E-state index contributed by atoms with van der Waals surface area (Å²) < 4.78 is 11.9. The van der Waals surface area contributed by atoms with E-state index in [1.54, 1.807) is 32.1 Å². The predicted octanol–water partition coefficient (Wildman–Crippen LogP) is 1.17. The topological polar surface area (TPSA) is 62.1 Å². The Morgan fingerprint density at radius 3 is 2.59 bits per heavy atom. The van der Waals surface area contributed by atoms with Crippen LogP contribution in [0.5, 0.6) is 0 Å². The molecular weight excluding hydrogens is 220 g/mol. The molecule has 2 aromatic rings. The zero-order valence-electron chi connectivity index (χ0n) is 9.99. The van der Waals surface area contributed by atoms with E-state index in [2.05, 4.69) is 15.1 Å². The van der Waals surface area contributed by atoms with Gasteiger partial charge < -0.3 is 9.47 Å². The van der Waals surface area contributed by atoms with E-state index in [-0.39, 0.29) is 0 Å². The Labute approximate surface area is 99.2 Å². The van der Waals surface area contributed by atoms with Gasteiger partial charge in [-0.1, -0.05) is 6.07 Å². The van der Waals surface area contributed by atoms with Gasteiger partial charge in [-0.2, -0.15) is 0 Å². The monoisotopic (exact) mass is 234 g/mol. The molecule has 0 unspecified atom stereocenters. The Balaban J connectivity index is 2.37. The number of ether oxygens (including phenoxy) is 2. The van der Waals surface area contributed by atoms with E-state index >= 15 is 0 Å². The summed E-state index contributed by atoms with van der Waals surface area (Å²) in [5.74, 6) is 1.16. The fourth-order valence-electron chi connectivity index (χ4n) is 1.51. The van der Waals surface area contributed by atoms with Gasteiger partial charge in [-0.3, -0.25) is 4.98 Å². The van der Waals surface area contributed by atoms with Crippen LogP contribution in [0.3, 0.4) is 0 Å². The normalized spacial score (nSPS) is 11.1. The van der Waals surface area contributed by atoms with Gasteiger partial charge in [0.05, 0.1) is 0 Å². The maximum absolute atomic E-state index is 5.15. The maximum Gasteiger partial charge on any atom is 0.218 e. The predicted molar refractivity (Wildman–Crippen MR) is 61.0 cm³/mol. The molecule has 0 saturated carbocycles. The van der Waals surface area contributed by atoms with E-state index in [1.165, 1.54) is 0 Å². The highest BCUT2D eigenvalue weighted by Gasteiger charge is 2.18. The summed E-state index contributed by atoms with van der Waals surface area (Å²) in [5, 5.41) is 4.28. The number of pyridine rings is 1. The summed E-state index contributed by atoms with van der Waals surface area (Å²) in [7, 11) is 4.91. The number of aryl methyl sites for hydroxylation is 1. The van der Waals surface area contributed by atoms with Crippen LogP contribution in [0.2, 0.25) is 0 Å². The van der Waals surface area contributed by atoms with Crippen molar-refractivity contribution >= 4 is 0 Å². The fraction of sp³-hybridized carbons (Fsp3) is 0.364. The van der Waals surface area contributed by atoms with E-state index in [9.17, 15) is 0 Å². The van der Waals surface area contributed by atoms with Gasteiger partial charge in [0.1, 0.15) is 5.69 Å². The third-order valence-electron chi connectivity index (χ3n) is 2.33. The molecule has 90 valence electrons. The lowest BCUT2D eigenvalue weighted by Crippen LogP contribution is -2.10. The van der Waals surface area contributed by atoms with Crippen LogP contribution >= 0.6 is 0 Å². The van der Waals surface area contributed by atoms with Crippen molar-refractivity contribution in [2.24, 2.45) is 7.05 Å². The zero-order chi connectivity index (χ0) is 12.3. The lowest BCUT2D eigenvalue weighted by Gasteiger charge is -2.10. The summed E-state index contributed by atoms with van der Waals surface area (Å²) in [4.78, 5) is 8.56. The van der Waals surface area contributed by atoms with Crippen LogP contribution in [0.15, 0.2) is 24.4 Å². The van der Waals surface area contributed by atoms with Gasteiger partial charge in [-0.25, -0.2) is 9.67 Å². The average molecular weight is 234 g/mol. The number of aromatic nitrogens is 4. The molecule has 2 rings (SSSR count). The van der Waals surface area contributed by atoms with Crippen molar-refractivity contribution in [1.82, 2.24) is 19.7 Å². The second-order valence-electron chi connectivity index (χ2n) is 3.44. The third kappa shape index (κ3) is 2.32. The molecule has 0 amide bonds. The number of rotatable bonds is 4. The van der Waals surface area contributed by atoms with Crippen LogP contribution in [0, 0.1) is 0 Å². The van der Waals surface area contributed by atoms with Crippen LogP contribution in [-0.4, -0.2) is 34.0 Å². The maximum atomic E-state index is 5.15. The van der Waals surface area contributed by atoms with Gasteiger partial charge >= 0.3 is 0 Å². The van der Waals surface area contributed by atoms with Crippen LogP contribution in [-0.2, 0) is 16.5 Å². The highest BCUT2D eigenvalue weighted by molar-refractivity contribution is 5.47. The smallest absolute Gasteiger partial charge is 0.218 e. The van der Waals surface area contributed by atoms with Gasteiger partial charge in [0.15, 0.2) is 11.6 Å². The Hall–Kier alpha value is -1.79. The summed E-state index contributed by atoms with van der Waals surface area (Å²) in [6.45, 7) is 0. The van der Waals surface area contributed by atoms with Gasteiger partial charge in [0.25, 0.3) is 0 Å². The fourth-order valence-corrected chi connectivity index (χ4v) is 1.51. The van der Waals surface area contributed by atoms with Crippen molar-refractivity contribution < 1.29 is 9.47 Å². The minimum atomic E-state index is -0.523. The quantitative estimate of drug-likeness (QED) is 0.743. The highest BCUT2D eigenvalue weighted by Crippen LogP contribution is 2.18. The van der Waals surface area contributed by atoms with Crippen LogP contribution < -0.4 is 0 Å². The van der Waals surface area contributed by atoms with Crippen molar-refractivity contribution in [3.63, 3.8) is 0 Å². The molecule has 2 heterocycles. The number of methoxy groups -OCH3 is 2. The number of hydrogen-bond donors (Lipinski definition) is 0. The van der Waals surface area contributed by atoms with Crippen molar-refractivity contribution in [2.75, 3.05) is 14.2 Å². The van der Waals surface area contributed by atoms with E-state index in [4.69, 9.17) is 9.47 Å². The van der Waals surface area contributed by atoms with Crippen LogP contribution in [0.4, 0.5) is 0 Å². The standard InChI is InChI=1S/C11H14N4O2/c1-15-10(11(16-2)17-3)13-9(14-15)8-6-4-5-7-12-8/h4-7,11H,1-3H3. The molecule has 0 saturated heterocycles. The van der Waals surface area contributed by atoms with E-state index in [0.717, 1.165) is 5.69 Å². The largest absolute Gasteiger partial charge is 0.349 e. The molecule has 17 heavy (non-hydrogen) atoms. The second-order valence-corrected chi connectivity index (χ2v) is 3.44. The second kappa shape index (κ2) is 5.03. The van der Waals surface area contributed by atoms with E-state index in [1.807, 2.05) is 18.2 Å². The van der Waals surface area contributed by atoms with Gasteiger partial charge in [0.2, 0.25) is 6.29 Å². The summed E-state index contributed by atoms with van der Waals surface area (Å²) >= 11 is 0. The average Bonchev–Trinajstić information content (AvgIpc) is 2.75. The molecule has 0 bridgehead atoms.